The van der Waals surface area contributed by atoms with Crippen molar-refractivity contribution >= 4 is 23.5 Å². The van der Waals surface area contributed by atoms with Crippen molar-refractivity contribution < 1.29 is 33.7 Å². The fraction of sp³-hybridized carbons (Fsp3) is 0.476. The van der Waals surface area contributed by atoms with Crippen molar-refractivity contribution in [1.29, 1.82) is 0 Å². The zero-order valence-electron chi connectivity index (χ0n) is 17.2. The van der Waals surface area contributed by atoms with Gasteiger partial charge in [-0.3, -0.25) is 4.79 Å². The first-order valence-electron chi connectivity index (χ1n) is 10.1. The third kappa shape index (κ3) is 5.72. The molecule has 1 aromatic rings. The molecule has 168 valence electrons. The van der Waals surface area contributed by atoms with Crippen LogP contribution < -0.4 is 15.0 Å². The molecule has 0 radical (unpaired) electrons. The quantitative estimate of drug-likeness (QED) is 0.604. The van der Waals surface area contributed by atoms with Crippen LogP contribution in [0.15, 0.2) is 24.3 Å². The molecule has 9 nitrogen and oxygen atoms in total. The second-order valence-electron chi connectivity index (χ2n) is 7.80. The summed E-state index contributed by atoms with van der Waals surface area (Å²) in [6.07, 6.45) is 3.38. The predicted molar refractivity (Wildman–Crippen MR) is 110 cm³/mol. The topological polar surface area (TPSA) is 119 Å². The van der Waals surface area contributed by atoms with Crippen molar-refractivity contribution in [1.82, 2.24) is 10.2 Å². The molecule has 3 saturated heterocycles. The number of amides is 1. The zero-order chi connectivity index (χ0) is 22.5. The fourth-order valence-electron chi connectivity index (χ4n) is 4.11. The number of nitrogens with one attached hydrogen (secondary N) is 1. The van der Waals surface area contributed by atoms with Crippen molar-refractivity contribution in [3.05, 3.63) is 35.7 Å². The molecule has 1 aromatic carbocycles. The lowest BCUT2D eigenvalue weighted by Crippen LogP contribution is -2.57. The van der Waals surface area contributed by atoms with E-state index >= 15 is 0 Å². The van der Waals surface area contributed by atoms with Crippen LogP contribution in [-0.4, -0.2) is 78.8 Å². The summed E-state index contributed by atoms with van der Waals surface area (Å²) in [7, 11) is 1.88. The number of anilines is 1. The maximum Gasteiger partial charge on any atom is 0.328 e. The van der Waals surface area contributed by atoms with Crippen LogP contribution in [0.2, 0.25) is 0 Å². The van der Waals surface area contributed by atoms with E-state index in [4.69, 9.17) is 14.9 Å². The third-order valence-electron chi connectivity index (χ3n) is 5.70. The van der Waals surface area contributed by atoms with Gasteiger partial charge in [-0.05, 0) is 37.9 Å². The Balaban J connectivity index is 0.000000293. The number of ether oxygens (including phenoxy) is 1. The van der Waals surface area contributed by atoms with Crippen LogP contribution in [0.25, 0.3) is 0 Å². The van der Waals surface area contributed by atoms with E-state index in [1.165, 1.54) is 12.1 Å². The molecule has 5 rings (SSSR count). The molecule has 0 aromatic heterocycles. The van der Waals surface area contributed by atoms with Gasteiger partial charge < -0.3 is 30.1 Å². The number of likely N-dealkylation sites (N-methyl/N-ethyl adjacent to an activating group) is 1. The number of hydrogen-bond donors (Lipinski definition) is 3. The number of nitrogens with zero attached hydrogens (tertiary/aromatic N) is 2. The molecule has 31 heavy (non-hydrogen) atoms. The molecular weight excluding hydrogens is 409 g/mol. The van der Waals surface area contributed by atoms with E-state index in [-0.39, 0.29) is 11.9 Å². The van der Waals surface area contributed by atoms with Crippen molar-refractivity contribution in [2.75, 3.05) is 44.7 Å². The standard InChI is InChI=1S/C17H22FN3O2.C4H4O4/c1-20-6-7-23-16-13(8-12(18)9-15(16)20)17(22)19-14-10-21-4-2-11(14)3-5-21;5-3(6)1-2-4(7)8/h8-9,11,14H,2-7,10H2,1H3,(H,19,22);1-2H,(H,5,6)(H,7,8)/b;2-1+. The fourth-order valence-corrected chi connectivity index (χ4v) is 4.11. The number of fused-ring (bicyclic) bond motifs is 4. The van der Waals surface area contributed by atoms with Gasteiger partial charge in [0.15, 0.2) is 5.75 Å². The lowest BCUT2D eigenvalue weighted by Gasteiger charge is -2.45. The molecule has 4 aliphatic rings. The summed E-state index contributed by atoms with van der Waals surface area (Å²) in [5.74, 6) is -2.11. The Morgan fingerprint density at radius 1 is 1.13 bits per heavy atom. The first-order chi connectivity index (χ1) is 14.7. The first kappa shape index (κ1) is 22.5. The highest BCUT2D eigenvalue weighted by Gasteiger charge is 2.35. The lowest BCUT2D eigenvalue weighted by molar-refractivity contribution is -0.134. The number of benzene rings is 1. The molecule has 1 amide bonds. The van der Waals surface area contributed by atoms with E-state index in [1.807, 2.05) is 11.9 Å². The van der Waals surface area contributed by atoms with Gasteiger partial charge in [-0.1, -0.05) is 0 Å². The predicted octanol–water partition coefficient (Wildman–Crippen LogP) is 1.19. The molecule has 2 bridgehead atoms. The third-order valence-corrected chi connectivity index (χ3v) is 5.70. The Morgan fingerprint density at radius 3 is 2.32 bits per heavy atom. The Bertz CT molecular complexity index is 866. The van der Waals surface area contributed by atoms with E-state index in [2.05, 4.69) is 10.2 Å². The molecule has 4 heterocycles. The van der Waals surface area contributed by atoms with E-state index < -0.39 is 17.8 Å². The number of hydrogen-bond acceptors (Lipinski definition) is 6. The van der Waals surface area contributed by atoms with Crippen molar-refractivity contribution in [2.45, 2.75) is 18.9 Å². The highest BCUT2D eigenvalue weighted by molar-refractivity contribution is 5.99. The van der Waals surface area contributed by atoms with Gasteiger partial charge >= 0.3 is 11.9 Å². The summed E-state index contributed by atoms with van der Waals surface area (Å²) < 4.78 is 19.6. The summed E-state index contributed by atoms with van der Waals surface area (Å²) in [6.45, 7) is 4.35. The van der Waals surface area contributed by atoms with Crippen LogP contribution in [0, 0.1) is 11.7 Å². The number of rotatable bonds is 4. The van der Waals surface area contributed by atoms with Crippen LogP contribution in [-0.2, 0) is 9.59 Å². The van der Waals surface area contributed by atoms with Crippen LogP contribution in [0.5, 0.6) is 5.75 Å². The second-order valence-corrected chi connectivity index (χ2v) is 7.80. The van der Waals surface area contributed by atoms with Crippen LogP contribution in [0.3, 0.4) is 0 Å². The van der Waals surface area contributed by atoms with Gasteiger partial charge in [0.25, 0.3) is 5.91 Å². The zero-order valence-corrected chi connectivity index (χ0v) is 17.2. The summed E-state index contributed by atoms with van der Waals surface area (Å²) in [4.78, 5) is 36.1. The highest BCUT2D eigenvalue weighted by Crippen LogP contribution is 2.36. The molecule has 0 spiro atoms. The number of aliphatic carboxylic acids is 2. The molecule has 10 heteroatoms. The minimum absolute atomic E-state index is 0.158. The minimum atomic E-state index is -1.26. The van der Waals surface area contributed by atoms with Crippen LogP contribution in [0.1, 0.15) is 23.2 Å². The summed E-state index contributed by atoms with van der Waals surface area (Å²) in [5.41, 5.74) is 0.957. The maximum absolute atomic E-state index is 13.9. The molecule has 0 saturated carbocycles. The smallest absolute Gasteiger partial charge is 0.328 e. The second kappa shape index (κ2) is 9.78. The van der Waals surface area contributed by atoms with E-state index in [9.17, 15) is 18.8 Å². The van der Waals surface area contributed by atoms with Gasteiger partial charge in [0, 0.05) is 37.9 Å². The van der Waals surface area contributed by atoms with Gasteiger partial charge in [-0.25, -0.2) is 14.0 Å². The average molecular weight is 435 g/mol. The monoisotopic (exact) mass is 435 g/mol. The number of carboxylic acid groups (broad SMARTS) is 2. The van der Waals surface area contributed by atoms with Gasteiger partial charge in [0.2, 0.25) is 0 Å². The largest absolute Gasteiger partial charge is 0.489 e. The van der Waals surface area contributed by atoms with E-state index in [0.29, 0.717) is 48.2 Å². The molecule has 3 N–H and O–H groups in total. The number of carbonyl (C=O) groups excluding carboxylic acids is 1. The SMILES string of the molecule is CN1CCOc2c(C(=O)NC3CN4CCC3CC4)cc(F)cc21.O=C(O)/C=C/C(=O)O. The van der Waals surface area contributed by atoms with Crippen molar-refractivity contribution in [2.24, 2.45) is 5.92 Å². The Morgan fingerprint density at radius 2 is 1.77 bits per heavy atom. The van der Waals surface area contributed by atoms with Gasteiger partial charge in [-0.15, -0.1) is 0 Å². The molecular formula is C21H26FN3O6. The van der Waals surface area contributed by atoms with Crippen LogP contribution in [0.4, 0.5) is 10.1 Å². The van der Waals surface area contributed by atoms with Crippen LogP contribution >= 0.6 is 0 Å². The normalized spacial score (nSPS) is 23.9. The van der Waals surface area contributed by atoms with Crippen molar-refractivity contribution in [3.63, 3.8) is 0 Å². The summed E-state index contributed by atoms with van der Waals surface area (Å²) in [6, 6.07) is 2.87. The molecule has 3 fully saturated rings. The molecule has 0 aliphatic carbocycles. The number of piperidine rings is 3. The Labute approximate surface area is 179 Å². The van der Waals surface area contributed by atoms with Gasteiger partial charge in [0.05, 0.1) is 17.8 Å². The number of carboxylic acids is 2. The average Bonchev–Trinajstić information content (AvgIpc) is 2.74. The summed E-state index contributed by atoms with van der Waals surface area (Å²) >= 11 is 0. The molecule has 1 unspecified atom stereocenters. The van der Waals surface area contributed by atoms with E-state index in [1.54, 1.807) is 0 Å². The Hall–Kier alpha value is -3.14. The Kier molecular flexibility index (Phi) is 7.11. The highest BCUT2D eigenvalue weighted by atomic mass is 19.1. The number of halogens is 1. The minimum Gasteiger partial charge on any atom is -0.489 e. The van der Waals surface area contributed by atoms with Gasteiger partial charge in [-0.2, -0.15) is 0 Å². The maximum atomic E-state index is 13.9. The summed E-state index contributed by atoms with van der Waals surface area (Å²) in [5, 5.41) is 18.7. The van der Waals surface area contributed by atoms with Crippen molar-refractivity contribution in [3.8, 4) is 5.75 Å². The lowest BCUT2D eigenvalue weighted by atomic mass is 9.84. The van der Waals surface area contributed by atoms with Gasteiger partial charge in [0.1, 0.15) is 12.4 Å². The number of carbonyl (C=O) groups is 3. The first-order valence-corrected chi connectivity index (χ1v) is 10.1. The molecule has 4 aliphatic heterocycles. The molecule has 1 atom stereocenters. The van der Waals surface area contributed by atoms with E-state index in [0.717, 1.165) is 32.5 Å².